The van der Waals surface area contributed by atoms with Crippen molar-refractivity contribution in [2.75, 3.05) is 11.9 Å². The van der Waals surface area contributed by atoms with Gasteiger partial charge < -0.3 is 15.7 Å². The van der Waals surface area contributed by atoms with Crippen LogP contribution in [-0.2, 0) is 17.9 Å². The van der Waals surface area contributed by atoms with Crippen LogP contribution < -0.4 is 16.0 Å². The molecule has 2 aliphatic rings. The van der Waals surface area contributed by atoms with Crippen LogP contribution in [0.3, 0.4) is 0 Å². The van der Waals surface area contributed by atoms with Crippen LogP contribution in [0, 0.1) is 0 Å². The highest BCUT2D eigenvalue weighted by Gasteiger charge is 2.17. The molecule has 0 spiro atoms. The minimum atomic E-state index is -0.669. The van der Waals surface area contributed by atoms with E-state index in [2.05, 4.69) is 25.9 Å². The van der Waals surface area contributed by atoms with E-state index in [1.54, 1.807) is 6.20 Å². The Bertz CT molecular complexity index is 975. The monoisotopic (exact) mass is 375 g/mol. The number of anilines is 2. The Balaban J connectivity index is 1.70. The van der Waals surface area contributed by atoms with Crippen LogP contribution in [0.4, 0.5) is 11.6 Å². The van der Waals surface area contributed by atoms with E-state index >= 15 is 0 Å². The molecule has 2 aromatic carbocycles. The Morgan fingerprint density at radius 1 is 1.04 bits per heavy atom. The van der Waals surface area contributed by atoms with Crippen molar-refractivity contribution in [2.45, 2.75) is 19.1 Å². The first-order valence-electron chi connectivity index (χ1n) is 9.11. The largest absolute Gasteiger partial charge is 0.394 e. The molecule has 4 N–H and O–H groups in total. The van der Waals surface area contributed by atoms with Crippen molar-refractivity contribution < 1.29 is 9.90 Å². The Morgan fingerprint density at radius 3 is 2.71 bits per heavy atom. The first-order chi connectivity index (χ1) is 13.7. The molecule has 7 nitrogen and oxygen atoms in total. The van der Waals surface area contributed by atoms with E-state index in [-0.39, 0.29) is 12.5 Å². The van der Waals surface area contributed by atoms with Crippen LogP contribution >= 0.6 is 0 Å². The second-order valence-electron chi connectivity index (χ2n) is 6.62. The Hall–Kier alpha value is -3.29. The van der Waals surface area contributed by atoms with Crippen molar-refractivity contribution in [3.8, 4) is 11.3 Å². The molecule has 0 saturated carbocycles. The summed E-state index contributed by atoms with van der Waals surface area (Å²) in [5.41, 5.74) is 4.56. The minimum absolute atomic E-state index is 0.236. The van der Waals surface area contributed by atoms with Gasteiger partial charge >= 0.3 is 0 Å². The van der Waals surface area contributed by atoms with Gasteiger partial charge in [0, 0.05) is 30.5 Å². The van der Waals surface area contributed by atoms with Crippen molar-refractivity contribution in [1.29, 1.82) is 0 Å². The van der Waals surface area contributed by atoms with Gasteiger partial charge in [-0.1, -0.05) is 30.3 Å². The predicted octanol–water partition coefficient (Wildman–Crippen LogP) is 1.97. The summed E-state index contributed by atoms with van der Waals surface area (Å²) in [4.78, 5) is 21.3. The number of amides is 1. The predicted molar refractivity (Wildman–Crippen MR) is 107 cm³/mol. The van der Waals surface area contributed by atoms with Gasteiger partial charge in [0.15, 0.2) is 0 Å². The van der Waals surface area contributed by atoms with E-state index < -0.39 is 6.04 Å². The number of carbonyl (C=O) groups excluding carboxylic acids is 1. The van der Waals surface area contributed by atoms with E-state index in [0.29, 0.717) is 19.0 Å². The van der Waals surface area contributed by atoms with Gasteiger partial charge in [0.05, 0.1) is 12.3 Å². The summed E-state index contributed by atoms with van der Waals surface area (Å²) in [5.74, 6) is 0.284. The lowest BCUT2D eigenvalue weighted by Gasteiger charge is -2.16. The average molecular weight is 375 g/mol. The molecule has 5 rings (SSSR count). The zero-order valence-corrected chi connectivity index (χ0v) is 15.2. The highest BCUT2D eigenvalue weighted by Crippen LogP contribution is 2.21. The highest BCUT2D eigenvalue weighted by molar-refractivity contribution is 5.81. The molecule has 1 atom stereocenters. The van der Waals surface area contributed by atoms with Gasteiger partial charge in [-0.25, -0.2) is 9.97 Å². The third-order valence-electron chi connectivity index (χ3n) is 4.61. The summed E-state index contributed by atoms with van der Waals surface area (Å²) >= 11 is 0. The minimum Gasteiger partial charge on any atom is -0.394 e. The number of nitrogens with zero attached hydrogens (tertiary/aromatic N) is 2. The van der Waals surface area contributed by atoms with Gasteiger partial charge in [0.2, 0.25) is 11.9 Å². The molecule has 1 amide bonds. The van der Waals surface area contributed by atoms with Crippen molar-refractivity contribution >= 4 is 17.5 Å². The number of benzene rings is 2. The number of aromatic nitrogens is 2. The number of aliphatic hydroxyl groups excluding tert-OH is 1. The number of carbonyl (C=O) groups is 1. The molecule has 3 heterocycles. The number of fused-ring (bicyclic) bond motifs is 7. The maximum atomic E-state index is 12.4. The SMILES string of the molecule is O=C1NCc2cccc(c2)-c2ccnc(n2)Nc2ccc(cc2)CN[C@H]1CO. The van der Waals surface area contributed by atoms with Gasteiger partial charge in [0.1, 0.15) is 6.04 Å². The number of aliphatic hydroxyl groups is 1. The van der Waals surface area contributed by atoms with Crippen LogP contribution in [0.2, 0.25) is 0 Å². The Kier molecular flexibility index (Phi) is 5.27. The summed E-state index contributed by atoms with van der Waals surface area (Å²) in [6, 6.07) is 16.8. The van der Waals surface area contributed by atoms with Crippen molar-refractivity contribution in [3.63, 3.8) is 0 Å². The van der Waals surface area contributed by atoms with Gasteiger partial charge in [-0.05, 0) is 35.4 Å². The quantitative estimate of drug-likeness (QED) is 0.519. The van der Waals surface area contributed by atoms with Crippen LogP contribution in [0.5, 0.6) is 0 Å². The first-order valence-corrected chi connectivity index (χ1v) is 9.11. The third kappa shape index (κ3) is 4.16. The molecule has 0 fully saturated rings. The third-order valence-corrected chi connectivity index (χ3v) is 4.61. The zero-order valence-electron chi connectivity index (χ0n) is 15.2. The van der Waals surface area contributed by atoms with E-state index in [1.807, 2.05) is 54.6 Å². The standard InChI is InChI=1S/C21H21N5O2/c27-13-19-20(28)24-12-15-2-1-3-16(10-15)18-8-9-22-21(26-18)25-17-6-4-14(5-7-17)11-23-19/h1-10,19,23,27H,11-13H2,(H,24,28)(H,22,25,26)/t19-/m0/s1. The molecule has 0 aliphatic carbocycles. The van der Waals surface area contributed by atoms with Gasteiger partial charge in [0.25, 0.3) is 0 Å². The molecule has 3 aromatic rings. The Labute approximate surface area is 162 Å². The molecule has 2 aliphatic heterocycles. The highest BCUT2D eigenvalue weighted by atomic mass is 16.3. The van der Waals surface area contributed by atoms with E-state index in [1.165, 1.54) is 0 Å². The van der Waals surface area contributed by atoms with Crippen LogP contribution in [-0.4, -0.2) is 33.6 Å². The smallest absolute Gasteiger partial charge is 0.239 e. The number of hydrogen-bond acceptors (Lipinski definition) is 6. The molecule has 28 heavy (non-hydrogen) atoms. The summed E-state index contributed by atoms with van der Waals surface area (Å²) in [6.45, 7) is 0.572. The summed E-state index contributed by atoms with van der Waals surface area (Å²) in [5, 5.41) is 18.8. The lowest BCUT2D eigenvalue weighted by atomic mass is 10.1. The van der Waals surface area contributed by atoms with Crippen LogP contribution in [0.15, 0.2) is 60.8 Å². The molecule has 0 unspecified atom stereocenters. The zero-order chi connectivity index (χ0) is 19.3. The van der Waals surface area contributed by atoms with Crippen molar-refractivity contribution in [3.05, 3.63) is 71.9 Å². The Morgan fingerprint density at radius 2 is 1.89 bits per heavy atom. The maximum absolute atomic E-state index is 12.4. The van der Waals surface area contributed by atoms with E-state index in [9.17, 15) is 9.90 Å². The van der Waals surface area contributed by atoms with Gasteiger partial charge in [-0.15, -0.1) is 0 Å². The number of rotatable bonds is 1. The fourth-order valence-corrected chi connectivity index (χ4v) is 3.05. The lowest BCUT2D eigenvalue weighted by Crippen LogP contribution is -2.46. The molecular formula is C21H21N5O2. The van der Waals surface area contributed by atoms with Crippen molar-refractivity contribution in [2.24, 2.45) is 0 Å². The summed E-state index contributed by atoms with van der Waals surface area (Å²) in [6.07, 6.45) is 1.72. The normalized spacial score (nSPS) is 16.8. The molecule has 0 radical (unpaired) electrons. The van der Waals surface area contributed by atoms with E-state index in [4.69, 9.17) is 0 Å². The van der Waals surface area contributed by atoms with Gasteiger partial charge in [-0.2, -0.15) is 0 Å². The van der Waals surface area contributed by atoms with E-state index in [0.717, 1.165) is 28.1 Å². The average Bonchev–Trinajstić information content (AvgIpc) is 2.74. The number of hydrogen-bond donors (Lipinski definition) is 4. The van der Waals surface area contributed by atoms with Gasteiger partial charge in [-0.3, -0.25) is 10.1 Å². The molecule has 7 heteroatoms. The fourth-order valence-electron chi connectivity index (χ4n) is 3.05. The van der Waals surface area contributed by atoms with Crippen LogP contribution in [0.25, 0.3) is 11.3 Å². The summed E-state index contributed by atoms with van der Waals surface area (Å²) in [7, 11) is 0. The lowest BCUT2D eigenvalue weighted by molar-refractivity contribution is -0.124. The molecule has 6 bridgehead atoms. The first kappa shape index (κ1) is 18.1. The second-order valence-corrected chi connectivity index (χ2v) is 6.62. The molecule has 1 aromatic heterocycles. The fraction of sp³-hybridized carbons (Fsp3) is 0.190. The maximum Gasteiger partial charge on any atom is 0.239 e. The molecular weight excluding hydrogens is 354 g/mol. The molecule has 142 valence electrons. The summed E-state index contributed by atoms with van der Waals surface area (Å²) < 4.78 is 0. The molecule has 0 saturated heterocycles. The van der Waals surface area contributed by atoms with Crippen molar-refractivity contribution in [1.82, 2.24) is 20.6 Å². The topological polar surface area (TPSA) is 99.2 Å². The van der Waals surface area contributed by atoms with Crippen LogP contribution in [0.1, 0.15) is 11.1 Å². The second kappa shape index (κ2) is 8.16. The number of nitrogens with one attached hydrogen (secondary N) is 3.